The predicted octanol–water partition coefficient (Wildman–Crippen LogP) is 2.69. The molecule has 0 N–H and O–H groups in total. The molecule has 2 aromatic rings. The highest BCUT2D eigenvalue weighted by atomic mass is 16.5. The van der Waals surface area contributed by atoms with Gasteiger partial charge in [-0.2, -0.15) is 5.10 Å². The smallest absolute Gasteiger partial charge is 0.213 e. The van der Waals surface area contributed by atoms with Gasteiger partial charge in [-0.3, -0.25) is 0 Å². The lowest BCUT2D eigenvalue weighted by Crippen LogP contribution is -2.31. The van der Waals surface area contributed by atoms with E-state index in [0.717, 1.165) is 62.5 Å². The summed E-state index contributed by atoms with van der Waals surface area (Å²) in [5.74, 6) is 1.68. The highest BCUT2D eigenvalue weighted by molar-refractivity contribution is 5.42. The minimum atomic E-state index is 0.731. The number of pyridine rings is 1. The molecule has 26 heavy (non-hydrogen) atoms. The summed E-state index contributed by atoms with van der Waals surface area (Å²) < 4.78 is 5.90. The van der Waals surface area contributed by atoms with Crippen LogP contribution >= 0.6 is 0 Å². The van der Waals surface area contributed by atoms with Gasteiger partial charge in [0.15, 0.2) is 5.82 Å². The summed E-state index contributed by atoms with van der Waals surface area (Å²) in [5, 5.41) is 8.18. The van der Waals surface area contributed by atoms with Gasteiger partial charge in [0.2, 0.25) is 5.88 Å². The molecule has 2 aliphatic rings. The number of fused-ring (bicyclic) bond motifs is 1. The van der Waals surface area contributed by atoms with Gasteiger partial charge in [0, 0.05) is 44.4 Å². The van der Waals surface area contributed by atoms with Crippen molar-refractivity contribution < 1.29 is 4.74 Å². The minimum Gasteiger partial charge on any atom is -0.478 e. The molecular weight excluding hydrogens is 326 g/mol. The number of ether oxygens (including phenoxy) is 1. The maximum atomic E-state index is 5.90. The summed E-state index contributed by atoms with van der Waals surface area (Å²) in [6.07, 6.45) is 6.34. The summed E-state index contributed by atoms with van der Waals surface area (Å²) in [4.78, 5) is 9.53. The van der Waals surface area contributed by atoms with E-state index >= 15 is 0 Å². The summed E-state index contributed by atoms with van der Waals surface area (Å²) in [5.41, 5.74) is 2.40. The molecule has 138 valence electrons. The third-order valence-electron chi connectivity index (χ3n) is 5.44. The van der Waals surface area contributed by atoms with Crippen molar-refractivity contribution in [2.45, 2.75) is 45.2 Å². The topological polar surface area (TPSA) is 54.4 Å². The Morgan fingerprint density at radius 1 is 1.23 bits per heavy atom. The van der Waals surface area contributed by atoms with Crippen LogP contribution in [-0.2, 0) is 13.0 Å². The van der Waals surface area contributed by atoms with Crippen LogP contribution in [0.15, 0.2) is 30.5 Å². The highest BCUT2D eigenvalue weighted by Gasteiger charge is 2.20. The van der Waals surface area contributed by atoms with Crippen LogP contribution in [0.1, 0.15) is 37.4 Å². The number of hydrogen-bond donors (Lipinski definition) is 0. The molecule has 0 aliphatic carbocycles. The average molecular weight is 353 g/mol. The third-order valence-corrected chi connectivity index (χ3v) is 5.44. The molecule has 0 amide bonds. The largest absolute Gasteiger partial charge is 0.478 e. The molecule has 6 nitrogen and oxygen atoms in total. The van der Waals surface area contributed by atoms with E-state index in [1.807, 2.05) is 18.2 Å². The fraction of sp³-hybridized carbons (Fsp3) is 0.550. The normalized spacial score (nSPS) is 20.2. The third kappa shape index (κ3) is 3.96. The first-order chi connectivity index (χ1) is 12.8. The summed E-state index contributed by atoms with van der Waals surface area (Å²) in [6.45, 7) is 7.16. The second-order valence-corrected chi connectivity index (χ2v) is 7.24. The van der Waals surface area contributed by atoms with E-state index in [0.29, 0.717) is 0 Å². The Morgan fingerprint density at radius 2 is 2.19 bits per heavy atom. The van der Waals surface area contributed by atoms with E-state index in [4.69, 9.17) is 9.72 Å². The van der Waals surface area contributed by atoms with E-state index in [2.05, 4.69) is 33.0 Å². The Kier molecular flexibility index (Phi) is 5.29. The van der Waals surface area contributed by atoms with Gasteiger partial charge in [-0.15, -0.1) is 5.10 Å². The van der Waals surface area contributed by atoms with E-state index in [9.17, 15) is 0 Å². The number of rotatable bonds is 6. The van der Waals surface area contributed by atoms with Crippen molar-refractivity contribution in [2.75, 3.05) is 31.1 Å². The van der Waals surface area contributed by atoms with Crippen molar-refractivity contribution in [3.05, 3.63) is 41.7 Å². The van der Waals surface area contributed by atoms with E-state index in [-0.39, 0.29) is 0 Å². The van der Waals surface area contributed by atoms with E-state index < -0.39 is 0 Å². The molecule has 0 spiro atoms. The van der Waals surface area contributed by atoms with Gasteiger partial charge in [0.1, 0.15) is 0 Å². The van der Waals surface area contributed by atoms with Crippen LogP contribution < -0.4 is 9.64 Å². The number of hydrogen-bond acceptors (Lipinski definition) is 6. The zero-order valence-corrected chi connectivity index (χ0v) is 15.5. The quantitative estimate of drug-likeness (QED) is 0.744. The standard InChI is InChI=1S/C20H27N5O/c1-16-5-3-11-24(16)12-4-14-26-20-8-7-17-15-25(13-9-18(17)22-20)19-6-2-10-21-23-19/h2,6-8,10,16H,3-5,9,11-15H2,1H3/t16-/m0/s1. The van der Waals surface area contributed by atoms with Crippen LogP contribution in [0.5, 0.6) is 5.88 Å². The Balaban J connectivity index is 1.29. The van der Waals surface area contributed by atoms with Gasteiger partial charge >= 0.3 is 0 Å². The molecule has 2 aliphatic heterocycles. The lowest BCUT2D eigenvalue weighted by Gasteiger charge is -2.28. The van der Waals surface area contributed by atoms with Gasteiger partial charge in [-0.25, -0.2) is 4.98 Å². The Bertz CT molecular complexity index is 723. The van der Waals surface area contributed by atoms with Gasteiger partial charge in [0.25, 0.3) is 0 Å². The molecule has 0 bridgehead atoms. The Labute approximate surface area is 155 Å². The monoisotopic (exact) mass is 353 g/mol. The van der Waals surface area contributed by atoms with Crippen LogP contribution in [0.4, 0.5) is 5.82 Å². The van der Waals surface area contributed by atoms with Crippen molar-refractivity contribution in [3.63, 3.8) is 0 Å². The highest BCUT2D eigenvalue weighted by Crippen LogP contribution is 2.23. The van der Waals surface area contributed by atoms with E-state index in [1.165, 1.54) is 24.9 Å². The maximum absolute atomic E-state index is 5.90. The Morgan fingerprint density at radius 3 is 3.00 bits per heavy atom. The van der Waals surface area contributed by atoms with Crippen LogP contribution in [-0.4, -0.2) is 52.4 Å². The van der Waals surface area contributed by atoms with Crippen molar-refractivity contribution in [3.8, 4) is 5.88 Å². The van der Waals surface area contributed by atoms with E-state index in [1.54, 1.807) is 6.20 Å². The zero-order chi connectivity index (χ0) is 17.8. The molecule has 4 rings (SSSR count). The summed E-state index contributed by atoms with van der Waals surface area (Å²) in [6, 6.07) is 8.80. The number of likely N-dealkylation sites (tertiary alicyclic amines) is 1. The van der Waals surface area contributed by atoms with Crippen LogP contribution in [0, 0.1) is 0 Å². The Hall–Kier alpha value is -2.21. The van der Waals surface area contributed by atoms with Crippen molar-refractivity contribution in [1.29, 1.82) is 0 Å². The number of aromatic nitrogens is 3. The SMILES string of the molecule is C[C@H]1CCCN1CCCOc1ccc2c(n1)CCN(c1cccnn1)C2. The fourth-order valence-corrected chi connectivity index (χ4v) is 3.90. The molecule has 0 saturated carbocycles. The first-order valence-electron chi connectivity index (χ1n) is 9.68. The first kappa shape index (κ1) is 17.2. The van der Waals surface area contributed by atoms with Crippen LogP contribution in [0.2, 0.25) is 0 Å². The molecule has 6 heteroatoms. The lowest BCUT2D eigenvalue weighted by molar-refractivity contribution is 0.226. The lowest BCUT2D eigenvalue weighted by atomic mass is 10.1. The molecule has 0 radical (unpaired) electrons. The number of anilines is 1. The predicted molar refractivity (Wildman–Crippen MR) is 101 cm³/mol. The summed E-state index contributed by atoms with van der Waals surface area (Å²) in [7, 11) is 0. The second-order valence-electron chi connectivity index (χ2n) is 7.24. The summed E-state index contributed by atoms with van der Waals surface area (Å²) >= 11 is 0. The van der Waals surface area contributed by atoms with Gasteiger partial charge in [0.05, 0.1) is 12.3 Å². The molecule has 2 aromatic heterocycles. The molecule has 0 aromatic carbocycles. The van der Waals surface area contributed by atoms with Gasteiger partial charge in [-0.1, -0.05) is 6.07 Å². The van der Waals surface area contributed by atoms with Crippen molar-refractivity contribution in [2.24, 2.45) is 0 Å². The number of nitrogens with zero attached hydrogens (tertiary/aromatic N) is 5. The zero-order valence-electron chi connectivity index (χ0n) is 15.5. The molecule has 4 heterocycles. The van der Waals surface area contributed by atoms with Gasteiger partial charge < -0.3 is 14.5 Å². The maximum Gasteiger partial charge on any atom is 0.213 e. The molecule has 0 unspecified atom stereocenters. The van der Waals surface area contributed by atoms with Crippen LogP contribution in [0.25, 0.3) is 0 Å². The average Bonchev–Trinajstić information content (AvgIpc) is 3.10. The van der Waals surface area contributed by atoms with Gasteiger partial charge in [-0.05, 0) is 50.4 Å². The van der Waals surface area contributed by atoms with Crippen molar-refractivity contribution in [1.82, 2.24) is 20.1 Å². The molecular formula is C20H27N5O. The minimum absolute atomic E-state index is 0.731. The van der Waals surface area contributed by atoms with Crippen LogP contribution in [0.3, 0.4) is 0 Å². The first-order valence-corrected chi connectivity index (χ1v) is 9.68. The molecule has 1 saturated heterocycles. The molecule has 1 atom stereocenters. The fourth-order valence-electron chi connectivity index (χ4n) is 3.90. The molecule has 1 fully saturated rings. The second kappa shape index (κ2) is 7.99. The van der Waals surface area contributed by atoms with Crippen molar-refractivity contribution >= 4 is 5.82 Å².